The van der Waals surface area contributed by atoms with Crippen molar-refractivity contribution in [1.29, 1.82) is 0 Å². The van der Waals surface area contributed by atoms with Gasteiger partial charge in [-0.25, -0.2) is 8.78 Å². The van der Waals surface area contributed by atoms with E-state index in [0.29, 0.717) is 5.39 Å². The molecule has 3 aromatic rings. The first-order valence-electron chi connectivity index (χ1n) is 10.8. The Hall–Kier alpha value is -2.73. The molecule has 1 aromatic heterocycles. The Bertz CT molecular complexity index is 1150. The van der Waals surface area contributed by atoms with Gasteiger partial charge in [0.05, 0.1) is 6.10 Å². The van der Waals surface area contributed by atoms with Gasteiger partial charge in [-0.2, -0.15) is 0 Å². The van der Waals surface area contributed by atoms with Crippen molar-refractivity contribution in [3.8, 4) is 5.75 Å². The Morgan fingerprint density at radius 1 is 1.16 bits per heavy atom. The zero-order valence-corrected chi connectivity index (χ0v) is 17.9. The lowest BCUT2D eigenvalue weighted by molar-refractivity contribution is 0.103. The summed E-state index contributed by atoms with van der Waals surface area (Å²) >= 11 is 0. The molecule has 0 amide bonds. The number of hydrogen-bond donors (Lipinski definition) is 2. The molecule has 0 spiro atoms. The van der Waals surface area contributed by atoms with Crippen molar-refractivity contribution in [3.05, 3.63) is 75.7 Å². The van der Waals surface area contributed by atoms with Crippen LogP contribution in [-0.2, 0) is 5.41 Å². The highest BCUT2D eigenvalue weighted by molar-refractivity contribution is 5.83. The number of hydrogen-bond acceptors (Lipinski definition) is 3. The summed E-state index contributed by atoms with van der Waals surface area (Å²) in [5, 5.41) is 1.48. The normalized spacial score (nSPS) is 22.4. The van der Waals surface area contributed by atoms with E-state index >= 15 is 0 Å². The van der Waals surface area contributed by atoms with Crippen LogP contribution >= 0.6 is 0 Å². The number of aromatic nitrogens is 1. The number of halogens is 2. The molecular weight excluding hydrogens is 398 g/mol. The van der Waals surface area contributed by atoms with Crippen molar-refractivity contribution in [3.63, 3.8) is 0 Å². The van der Waals surface area contributed by atoms with Crippen molar-refractivity contribution in [2.75, 3.05) is 0 Å². The lowest BCUT2D eigenvalue weighted by Crippen LogP contribution is -2.49. The second-order valence-corrected chi connectivity index (χ2v) is 8.63. The lowest BCUT2D eigenvalue weighted by atomic mass is 9.64. The third-order valence-corrected chi connectivity index (χ3v) is 6.83. The summed E-state index contributed by atoms with van der Waals surface area (Å²) in [7, 11) is 0. The molecule has 2 aromatic carbocycles. The van der Waals surface area contributed by atoms with Crippen LogP contribution in [0.3, 0.4) is 0 Å². The number of H-pyrrole nitrogens is 1. The molecule has 1 fully saturated rings. The van der Waals surface area contributed by atoms with Crippen LogP contribution in [0.4, 0.5) is 8.78 Å². The van der Waals surface area contributed by atoms with E-state index in [4.69, 9.17) is 10.5 Å². The fourth-order valence-corrected chi connectivity index (χ4v) is 4.92. The molecule has 1 unspecified atom stereocenters. The zero-order valence-electron chi connectivity index (χ0n) is 17.9. The topological polar surface area (TPSA) is 68.1 Å². The maximum Gasteiger partial charge on any atom is 0.255 e. The fraction of sp³-hybridized carbons (Fsp3) is 0.400. The summed E-state index contributed by atoms with van der Waals surface area (Å²) in [5.41, 5.74) is 7.68. The van der Waals surface area contributed by atoms with E-state index < -0.39 is 17.0 Å². The van der Waals surface area contributed by atoms with Crippen molar-refractivity contribution in [2.45, 2.75) is 63.5 Å². The summed E-state index contributed by atoms with van der Waals surface area (Å²) in [4.78, 5) is 14.7. The van der Waals surface area contributed by atoms with Crippen LogP contribution in [0.5, 0.6) is 5.75 Å². The third-order valence-electron chi connectivity index (χ3n) is 6.83. The van der Waals surface area contributed by atoms with Crippen LogP contribution in [0, 0.1) is 18.6 Å². The number of benzene rings is 2. The molecular formula is C25H28F2N2O2. The fourth-order valence-electron chi connectivity index (χ4n) is 4.92. The van der Waals surface area contributed by atoms with Crippen molar-refractivity contribution in [2.24, 2.45) is 5.73 Å². The van der Waals surface area contributed by atoms with Crippen LogP contribution in [0.2, 0.25) is 0 Å². The predicted octanol–water partition coefficient (Wildman–Crippen LogP) is 5.11. The number of nitrogens with two attached hydrogens (primary N) is 1. The second kappa shape index (κ2) is 8.42. The quantitative estimate of drug-likeness (QED) is 0.596. The maximum atomic E-state index is 14.0. The van der Waals surface area contributed by atoms with Gasteiger partial charge >= 0.3 is 0 Å². The maximum absolute atomic E-state index is 14.0. The number of aromatic amines is 1. The molecule has 1 saturated carbocycles. The number of ether oxygens (including phenoxy) is 1. The van der Waals surface area contributed by atoms with Crippen molar-refractivity contribution in [1.82, 2.24) is 4.98 Å². The molecule has 4 nitrogen and oxygen atoms in total. The van der Waals surface area contributed by atoms with Gasteiger partial charge in [-0.3, -0.25) is 4.79 Å². The standard InChI is InChI=1S/C25H28F2N2O2/c1-3-23(28)25(17-4-5-20(26)21(27)14-17)9-6-18(7-10-25)31-22-13-16-8-11-29-24(30)19(16)12-15(22)2/h4-5,8,11-14,18,23H,3,6-7,9-10,28H2,1-2H3,(H,29,30)/t18-,23?,25+. The third kappa shape index (κ3) is 3.97. The Morgan fingerprint density at radius 2 is 1.90 bits per heavy atom. The van der Waals surface area contributed by atoms with Crippen LogP contribution < -0.4 is 16.0 Å². The molecule has 164 valence electrons. The van der Waals surface area contributed by atoms with Gasteiger partial charge in [-0.1, -0.05) is 13.0 Å². The van der Waals surface area contributed by atoms with E-state index in [9.17, 15) is 13.6 Å². The number of pyridine rings is 1. The molecule has 1 atom stereocenters. The van der Waals surface area contributed by atoms with Crippen LogP contribution in [-0.4, -0.2) is 17.1 Å². The number of aryl methyl sites for hydroxylation is 1. The highest BCUT2D eigenvalue weighted by Crippen LogP contribution is 2.44. The zero-order chi connectivity index (χ0) is 22.2. The molecule has 0 aliphatic heterocycles. The Labute approximate surface area is 180 Å². The molecule has 1 aliphatic rings. The van der Waals surface area contributed by atoms with E-state index in [1.165, 1.54) is 12.1 Å². The van der Waals surface area contributed by atoms with E-state index in [1.54, 1.807) is 12.3 Å². The lowest BCUT2D eigenvalue weighted by Gasteiger charge is -2.44. The highest BCUT2D eigenvalue weighted by Gasteiger charge is 2.42. The van der Waals surface area contributed by atoms with Crippen molar-refractivity contribution < 1.29 is 13.5 Å². The van der Waals surface area contributed by atoms with E-state index in [1.807, 2.05) is 32.0 Å². The summed E-state index contributed by atoms with van der Waals surface area (Å²) in [6.07, 6.45) is 5.39. The molecule has 0 bridgehead atoms. The number of fused-ring (bicyclic) bond motifs is 1. The monoisotopic (exact) mass is 426 g/mol. The first-order valence-corrected chi connectivity index (χ1v) is 10.8. The number of rotatable bonds is 5. The molecule has 1 aliphatic carbocycles. The molecule has 31 heavy (non-hydrogen) atoms. The molecule has 0 radical (unpaired) electrons. The Morgan fingerprint density at radius 3 is 2.58 bits per heavy atom. The van der Waals surface area contributed by atoms with Gasteiger partial charge in [0.1, 0.15) is 5.75 Å². The average molecular weight is 427 g/mol. The van der Waals surface area contributed by atoms with Gasteiger partial charge in [0, 0.05) is 23.0 Å². The van der Waals surface area contributed by atoms with E-state index in [0.717, 1.165) is 54.4 Å². The first kappa shape index (κ1) is 21.5. The second-order valence-electron chi connectivity index (χ2n) is 8.63. The molecule has 1 heterocycles. The van der Waals surface area contributed by atoms with Crippen LogP contribution in [0.1, 0.15) is 50.2 Å². The van der Waals surface area contributed by atoms with Crippen LogP contribution in [0.15, 0.2) is 47.4 Å². The minimum Gasteiger partial charge on any atom is -0.490 e. The van der Waals surface area contributed by atoms with Gasteiger partial charge in [-0.15, -0.1) is 0 Å². The average Bonchev–Trinajstić information content (AvgIpc) is 2.77. The Kier molecular flexibility index (Phi) is 5.84. The largest absolute Gasteiger partial charge is 0.490 e. The van der Waals surface area contributed by atoms with Crippen molar-refractivity contribution >= 4 is 10.8 Å². The first-order chi connectivity index (χ1) is 14.8. The molecule has 4 rings (SSSR count). The Balaban J connectivity index is 1.56. The van der Waals surface area contributed by atoms with E-state index in [-0.39, 0.29) is 17.7 Å². The van der Waals surface area contributed by atoms with Crippen LogP contribution in [0.25, 0.3) is 10.8 Å². The predicted molar refractivity (Wildman–Crippen MR) is 118 cm³/mol. The minimum atomic E-state index is -0.841. The highest BCUT2D eigenvalue weighted by atomic mass is 19.2. The summed E-state index contributed by atoms with van der Waals surface area (Å²) < 4.78 is 33.8. The summed E-state index contributed by atoms with van der Waals surface area (Å²) in [6, 6.07) is 9.64. The van der Waals surface area contributed by atoms with Gasteiger partial charge in [0.25, 0.3) is 5.56 Å². The minimum absolute atomic E-state index is 0.000577. The molecule has 6 heteroatoms. The molecule has 3 N–H and O–H groups in total. The van der Waals surface area contributed by atoms with Gasteiger partial charge in [0.15, 0.2) is 11.6 Å². The summed E-state index contributed by atoms with van der Waals surface area (Å²) in [6.45, 7) is 3.96. The smallest absolute Gasteiger partial charge is 0.255 e. The van der Waals surface area contributed by atoms with E-state index in [2.05, 4.69) is 4.98 Å². The van der Waals surface area contributed by atoms with Gasteiger partial charge in [-0.05, 0) is 85.9 Å². The van der Waals surface area contributed by atoms with Gasteiger partial charge in [0.2, 0.25) is 0 Å². The molecule has 0 saturated heterocycles. The summed E-state index contributed by atoms with van der Waals surface area (Å²) in [5.74, 6) is -0.907. The number of nitrogens with one attached hydrogen (secondary N) is 1. The van der Waals surface area contributed by atoms with Gasteiger partial charge < -0.3 is 15.5 Å². The SMILES string of the molecule is CCC(N)[C@]1(c2ccc(F)c(F)c2)CC[C@H](Oc2cc3cc[nH]c(=O)c3cc2C)CC1.